The molecule has 2 aromatic heterocycles. The van der Waals surface area contributed by atoms with Crippen LogP contribution in [0, 0.1) is 13.8 Å². The zero-order valence-corrected chi connectivity index (χ0v) is 13.2. The highest BCUT2D eigenvalue weighted by molar-refractivity contribution is 9.10. The molecule has 0 fully saturated rings. The minimum Gasteiger partial charge on any atom is -0.439 e. The monoisotopic (exact) mass is 350 g/mol. The van der Waals surface area contributed by atoms with Gasteiger partial charge in [0.05, 0.1) is 10.2 Å². The smallest absolute Gasteiger partial charge is 0.225 e. The second-order valence-electron chi connectivity index (χ2n) is 4.25. The molecule has 0 aliphatic heterocycles. The van der Waals surface area contributed by atoms with Crippen molar-refractivity contribution in [2.75, 3.05) is 4.34 Å². The van der Waals surface area contributed by atoms with E-state index < -0.39 is 0 Å². The van der Waals surface area contributed by atoms with Crippen molar-refractivity contribution < 1.29 is 4.74 Å². The third-order valence-electron chi connectivity index (χ3n) is 2.70. The summed E-state index contributed by atoms with van der Waals surface area (Å²) in [6, 6.07) is 5.80. The minimum absolute atomic E-state index is 0.575. The van der Waals surface area contributed by atoms with Gasteiger partial charge in [-0.25, -0.2) is 9.97 Å². The van der Waals surface area contributed by atoms with Crippen LogP contribution in [-0.2, 0) is 0 Å². The predicted octanol–water partition coefficient (Wildman–Crippen LogP) is 4.22. The van der Waals surface area contributed by atoms with E-state index in [0.717, 1.165) is 20.9 Å². The average Bonchev–Trinajstić information content (AvgIpc) is 2.85. The van der Waals surface area contributed by atoms with Gasteiger partial charge in [0.2, 0.25) is 5.88 Å². The summed E-state index contributed by atoms with van der Waals surface area (Å²) in [5, 5.41) is 0.811. The number of hydrogen-bond donors (Lipinski definition) is 1. The summed E-state index contributed by atoms with van der Waals surface area (Å²) in [7, 11) is 0. The maximum absolute atomic E-state index is 5.82. The van der Waals surface area contributed by atoms with E-state index in [0.29, 0.717) is 17.5 Å². The number of benzene rings is 1. The van der Waals surface area contributed by atoms with Crippen molar-refractivity contribution in [3.63, 3.8) is 0 Å². The van der Waals surface area contributed by atoms with E-state index in [1.165, 1.54) is 0 Å². The fourth-order valence-corrected chi connectivity index (χ4v) is 2.80. The van der Waals surface area contributed by atoms with Crippen LogP contribution < -0.4 is 9.08 Å². The van der Waals surface area contributed by atoms with Gasteiger partial charge in [0, 0.05) is 34.0 Å². The van der Waals surface area contributed by atoms with E-state index >= 15 is 0 Å². The molecule has 0 aliphatic rings. The molecule has 0 aliphatic carbocycles. The third-order valence-corrected chi connectivity index (χ3v) is 4.29. The fourth-order valence-electron chi connectivity index (χ4n) is 1.74. The summed E-state index contributed by atoms with van der Waals surface area (Å²) in [6.07, 6.45) is 1.76. The van der Waals surface area contributed by atoms with Crippen LogP contribution in [0.4, 0.5) is 5.13 Å². The van der Waals surface area contributed by atoms with Crippen LogP contribution in [0.5, 0.6) is 11.6 Å². The molecule has 0 spiro atoms. The predicted molar refractivity (Wildman–Crippen MR) is 83.7 cm³/mol. The summed E-state index contributed by atoms with van der Waals surface area (Å²) < 4.78 is 9.78. The molecular weight excluding hydrogens is 340 g/mol. The van der Waals surface area contributed by atoms with E-state index in [2.05, 4.69) is 35.4 Å². The highest BCUT2D eigenvalue weighted by Crippen LogP contribution is 2.31. The summed E-state index contributed by atoms with van der Waals surface area (Å²) in [5.74, 6) is 1.97. The summed E-state index contributed by atoms with van der Waals surface area (Å²) in [6.45, 7) is 3.76. The Bertz CT molecular complexity index is 774. The zero-order chi connectivity index (χ0) is 14.1. The minimum atomic E-state index is 0.575. The average molecular weight is 351 g/mol. The first-order valence-electron chi connectivity index (χ1n) is 5.91. The van der Waals surface area contributed by atoms with Crippen molar-refractivity contribution >= 4 is 42.8 Å². The maximum atomic E-state index is 5.82. The lowest BCUT2D eigenvalue weighted by Gasteiger charge is -2.07. The fraction of sp³-hybridized carbons (Fsp3) is 0.154. The Hall–Kier alpha value is -1.73. The quantitative estimate of drug-likeness (QED) is 0.716. The van der Waals surface area contributed by atoms with E-state index in [4.69, 9.17) is 4.74 Å². The Kier molecular flexibility index (Phi) is 3.54. The standard InChI is InChI=1S/C13H11BrN4OS/c1-7-6-15-8(2)16-12(7)19-9-3-4-11-10(5-9)17-13(18-14)20-11/h3-6H,1-2H3,(H,17,18). The van der Waals surface area contributed by atoms with E-state index in [1.54, 1.807) is 17.5 Å². The van der Waals surface area contributed by atoms with Crippen LogP contribution in [0.2, 0.25) is 0 Å². The third kappa shape index (κ3) is 2.59. The number of nitrogens with one attached hydrogen (secondary N) is 1. The largest absolute Gasteiger partial charge is 0.439 e. The normalized spacial score (nSPS) is 10.8. The first kappa shape index (κ1) is 13.3. The van der Waals surface area contributed by atoms with Crippen molar-refractivity contribution in [2.45, 2.75) is 13.8 Å². The topological polar surface area (TPSA) is 59.9 Å². The number of fused-ring (bicyclic) bond motifs is 1. The lowest BCUT2D eigenvalue weighted by atomic mass is 10.3. The van der Waals surface area contributed by atoms with Gasteiger partial charge in [-0.2, -0.15) is 4.98 Å². The summed E-state index contributed by atoms with van der Waals surface area (Å²) in [4.78, 5) is 12.8. The number of aryl methyl sites for hydroxylation is 2. The van der Waals surface area contributed by atoms with Gasteiger partial charge in [0.25, 0.3) is 0 Å². The molecule has 20 heavy (non-hydrogen) atoms. The molecule has 1 N–H and O–H groups in total. The number of thiazole rings is 1. The molecule has 0 atom stereocenters. The lowest BCUT2D eigenvalue weighted by Crippen LogP contribution is -1.95. The molecule has 0 bridgehead atoms. The molecule has 0 saturated carbocycles. The molecule has 3 aromatic rings. The van der Waals surface area contributed by atoms with Gasteiger partial charge in [-0.1, -0.05) is 11.3 Å². The van der Waals surface area contributed by atoms with Crippen LogP contribution in [0.3, 0.4) is 0 Å². The van der Waals surface area contributed by atoms with E-state index in [9.17, 15) is 0 Å². The number of anilines is 1. The van der Waals surface area contributed by atoms with Crippen LogP contribution in [0.1, 0.15) is 11.4 Å². The first-order chi connectivity index (χ1) is 9.65. The Morgan fingerprint density at radius 3 is 2.90 bits per heavy atom. The first-order valence-corrected chi connectivity index (χ1v) is 7.52. The van der Waals surface area contributed by atoms with Gasteiger partial charge in [0.1, 0.15) is 11.6 Å². The molecule has 102 valence electrons. The van der Waals surface area contributed by atoms with E-state index in [-0.39, 0.29) is 0 Å². The number of halogens is 1. The van der Waals surface area contributed by atoms with E-state index in [1.807, 2.05) is 32.0 Å². The van der Waals surface area contributed by atoms with Crippen LogP contribution in [-0.4, -0.2) is 15.0 Å². The summed E-state index contributed by atoms with van der Waals surface area (Å²) in [5.41, 5.74) is 1.79. The molecule has 3 rings (SSSR count). The maximum Gasteiger partial charge on any atom is 0.225 e. The highest BCUT2D eigenvalue weighted by Gasteiger charge is 2.08. The second-order valence-corrected chi connectivity index (χ2v) is 5.68. The van der Waals surface area contributed by atoms with Crippen molar-refractivity contribution in [2.24, 2.45) is 0 Å². The van der Waals surface area contributed by atoms with Crippen molar-refractivity contribution in [3.05, 3.63) is 35.8 Å². The molecule has 0 radical (unpaired) electrons. The molecule has 2 heterocycles. The Morgan fingerprint density at radius 2 is 2.10 bits per heavy atom. The Balaban J connectivity index is 1.96. The molecule has 5 nitrogen and oxygen atoms in total. The number of aromatic nitrogens is 3. The number of hydrogen-bond acceptors (Lipinski definition) is 6. The van der Waals surface area contributed by atoms with Crippen molar-refractivity contribution in [1.82, 2.24) is 15.0 Å². The van der Waals surface area contributed by atoms with Gasteiger partial charge in [0.15, 0.2) is 5.13 Å². The molecule has 7 heteroatoms. The second kappa shape index (κ2) is 5.34. The number of rotatable bonds is 3. The number of ether oxygens (including phenoxy) is 1. The lowest BCUT2D eigenvalue weighted by molar-refractivity contribution is 0.456. The molecule has 0 saturated heterocycles. The number of nitrogens with zero attached hydrogens (tertiary/aromatic N) is 3. The Labute approximate surface area is 128 Å². The SMILES string of the molecule is Cc1ncc(C)c(Oc2ccc3sc(NBr)nc3c2)n1. The molecule has 0 amide bonds. The van der Waals surface area contributed by atoms with Gasteiger partial charge < -0.3 is 4.74 Å². The van der Waals surface area contributed by atoms with Crippen molar-refractivity contribution in [1.29, 1.82) is 0 Å². The van der Waals surface area contributed by atoms with Crippen molar-refractivity contribution in [3.8, 4) is 11.6 Å². The summed E-state index contributed by atoms with van der Waals surface area (Å²) >= 11 is 4.74. The van der Waals surface area contributed by atoms with Crippen LogP contribution in [0.15, 0.2) is 24.4 Å². The van der Waals surface area contributed by atoms with Gasteiger partial charge >= 0.3 is 0 Å². The molecule has 1 aromatic carbocycles. The molecular formula is C13H11BrN4OS. The van der Waals surface area contributed by atoms with Gasteiger partial charge in [-0.3, -0.25) is 4.34 Å². The highest BCUT2D eigenvalue weighted by atomic mass is 79.9. The van der Waals surface area contributed by atoms with Gasteiger partial charge in [-0.05, 0) is 26.0 Å². The Morgan fingerprint density at radius 1 is 1.25 bits per heavy atom. The van der Waals surface area contributed by atoms with Gasteiger partial charge in [-0.15, -0.1) is 0 Å². The van der Waals surface area contributed by atoms with Crippen LogP contribution >= 0.6 is 27.5 Å². The molecule has 0 unspecified atom stereocenters. The van der Waals surface area contributed by atoms with Crippen LogP contribution in [0.25, 0.3) is 10.2 Å². The zero-order valence-electron chi connectivity index (χ0n) is 10.8.